The predicted octanol–water partition coefficient (Wildman–Crippen LogP) is 1.74. The van der Waals surface area contributed by atoms with E-state index in [2.05, 4.69) is 5.32 Å². The first-order valence-electron chi connectivity index (χ1n) is 7.36. The van der Waals surface area contributed by atoms with Crippen molar-refractivity contribution in [2.75, 3.05) is 19.6 Å². The summed E-state index contributed by atoms with van der Waals surface area (Å²) in [5.74, 6) is -0.0412. The van der Waals surface area contributed by atoms with Crippen molar-refractivity contribution in [1.29, 1.82) is 0 Å². The molecule has 1 saturated heterocycles. The smallest absolute Gasteiger partial charge is 0.273 e. The van der Waals surface area contributed by atoms with Gasteiger partial charge in [0, 0.05) is 30.8 Å². The molecule has 1 aromatic carbocycles. The maximum Gasteiger partial charge on any atom is 0.273 e. The summed E-state index contributed by atoms with van der Waals surface area (Å²) in [4.78, 5) is 24.9. The molecule has 0 aromatic heterocycles. The van der Waals surface area contributed by atoms with Crippen LogP contribution >= 0.6 is 0 Å². The molecule has 1 heterocycles. The van der Waals surface area contributed by atoms with Crippen LogP contribution in [0.1, 0.15) is 25.3 Å². The molecule has 1 aliphatic heterocycles. The summed E-state index contributed by atoms with van der Waals surface area (Å²) in [5.41, 5.74) is 0.499. The monoisotopic (exact) mass is 291 g/mol. The highest BCUT2D eigenvalue weighted by molar-refractivity contribution is 5.80. The maximum atomic E-state index is 12.5. The third-order valence-corrected chi connectivity index (χ3v) is 3.90. The fraction of sp³-hybridized carbons (Fsp3) is 0.533. The number of carbonyl (C=O) groups is 1. The van der Waals surface area contributed by atoms with Gasteiger partial charge in [0.2, 0.25) is 5.91 Å². The van der Waals surface area contributed by atoms with Crippen molar-refractivity contribution in [3.8, 4) is 0 Å². The molecular formula is C15H21N3O3. The lowest BCUT2D eigenvalue weighted by molar-refractivity contribution is -0.385. The molecule has 6 heteroatoms. The van der Waals surface area contributed by atoms with Crippen LogP contribution in [-0.2, 0) is 11.2 Å². The van der Waals surface area contributed by atoms with Gasteiger partial charge in [-0.1, -0.05) is 18.2 Å². The van der Waals surface area contributed by atoms with Crippen molar-refractivity contribution in [3.63, 3.8) is 0 Å². The Morgan fingerprint density at radius 3 is 2.86 bits per heavy atom. The number of nitro benzene ring substituents is 1. The Labute approximate surface area is 124 Å². The average Bonchev–Trinajstić information content (AvgIpc) is 2.49. The number of rotatable bonds is 5. The molecule has 1 amide bonds. The fourth-order valence-corrected chi connectivity index (χ4v) is 2.84. The third kappa shape index (κ3) is 3.78. The third-order valence-electron chi connectivity index (χ3n) is 3.90. The Balaban J connectivity index is 2.10. The molecule has 21 heavy (non-hydrogen) atoms. The van der Waals surface area contributed by atoms with E-state index in [-0.39, 0.29) is 24.1 Å². The van der Waals surface area contributed by atoms with Gasteiger partial charge in [-0.15, -0.1) is 0 Å². The van der Waals surface area contributed by atoms with Crippen molar-refractivity contribution < 1.29 is 9.72 Å². The van der Waals surface area contributed by atoms with Crippen LogP contribution in [0.3, 0.4) is 0 Å². The van der Waals surface area contributed by atoms with Gasteiger partial charge in [0.25, 0.3) is 5.69 Å². The highest BCUT2D eigenvalue weighted by Gasteiger charge is 2.25. The predicted molar refractivity (Wildman–Crippen MR) is 80.1 cm³/mol. The second-order valence-corrected chi connectivity index (χ2v) is 5.24. The molecule has 1 unspecified atom stereocenters. The van der Waals surface area contributed by atoms with E-state index in [9.17, 15) is 14.9 Å². The number of hydrogen-bond donors (Lipinski definition) is 1. The van der Waals surface area contributed by atoms with E-state index >= 15 is 0 Å². The van der Waals surface area contributed by atoms with E-state index < -0.39 is 4.92 Å². The van der Waals surface area contributed by atoms with Crippen LogP contribution in [0.5, 0.6) is 0 Å². The first kappa shape index (κ1) is 15.4. The van der Waals surface area contributed by atoms with Crippen LogP contribution in [0.4, 0.5) is 5.69 Å². The number of nitrogens with one attached hydrogen (secondary N) is 1. The summed E-state index contributed by atoms with van der Waals surface area (Å²) < 4.78 is 0. The van der Waals surface area contributed by atoms with Gasteiger partial charge in [-0.2, -0.15) is 0 Å². The summed E-state index contributed by atoms with van der Waals surface area (Å²) in [6, 6.07) is 6.64. The van der Waals surface area contributed by atoms with Crippen LogP contribution in [0.15, 0.2) is 24.3 Å². The highest BCUT2D eigenvalue weighted by atomic mass is 16.6. The van der Waals surface area contributed by atoms with Crippen LogP contribution in [0.25, 0.3) is 0 Å². The summed E-state index contributed by atoms with van der Waals surface area (Å²) in [5, 5.41) is 14.3. The number of piperidine rings is 1. The topological polar surface area (TPSA) is 75.5 Å². The molecule has 0 saturated carbocycles. The molecular weight excluding hydrogens is 270 g/mol. The number of benzene rings is 1. The molecule has 0 spiro atoms. The first-order chi connectivity index (χ1) is 10.1. The minimum absolute atomic E-state index is 0.0173. The van der Waals surface area contributed by atoms with E-state index in [4.69, 9.17) is 0 Å². The fourth-order valence-electron chi connectivity index (χ4n) is 2.84. The van der Waals surface area contributed by atoms with Crippen LogP contribution < -0.4 is 5.32 Å². The molecule has 0 radical (unpaired) electrons. The van der Waals surface area contributed by atoms with Gasteiger partial charge in [0.05, 0.1) is 11.3 Å². The molecule has 1 N–H and O–H groups in total. The largest absolute Gasteiger partial charge is 0.338 e. The molecule has 0 bridgehead atoms. The lowest BCUT2D eigenvalue weighted by Gasteiger charge is -2.34. The normalized spacial score (nSPS) is 18.2. The molecule has 2 rings (SSSR count). The van der Waals surface area contributed by atoms with Crippen molar-refractivity contribution >= 4 is 11.6 Å². The standard InChI is InChI=1S/C15H21N3O3/c1-2-17(13-7-5-9-16-11-13)15(19)10-12-6-3-4-8-14(12)18(20)21/h3-4,6,8,13,16H,2,5,7,9-11H2,1H3. The van der Waals surface area contributed by atoms with Gasteiger partial charge in [-0.3, -0.25) is 14.9 Å². The van der Waals surface area contributed by atoms with Gasteiger partial charge in [0.15, 0.2) is 0 Å². The van der Waals surface area contributed by atoms with E-state index in [1.165, 1.54) is 6.07 Å². The molecule has 1 aliphatic rings. The van der Waals surface area contributed by atoms with E-state index in [0.717, 1.165) is 25.9 Å². The SMILES string of the molecule is CCN(C(=O)Cc1ccccc1[N+](=O)[O-])C1CCCNC1. The van der Waals surface area contributed by atoms with E-state index in [1.807, 2.05) is 11.8 Å². The highest BCUT2D eigenvalue weighted by Crippen LogP contribution is 2.20. The second kappa shape index (κ2) is 7.17. The summed E-state index contributed by atoms with van der Waals surface area (Å²) in [7, 11) is 0. The van der Waals surface area contributed by atoms with Crippen molar-refractivity contribution in [3.05, 3.63) is 39.9 Å². The minimum Gasteiger partial charge on any atom is -0.338 e. The minimum atomic E-state index is -0.430. The lowest BCUT2D eigenvalue weighted by atomic mass is 10.0. The van der Waals surface area contributed by atoms with Crippen molar-refractivity contribution in [2.45, 2.75) is 32.2 Å². The number of hydrogen-bond acceptors (Lipinski definition) is 4. The van der Waals surface area contributed by atoms with Gasteiger partial charge in [-0.25, -0.2) is 0 Å². The van der Waals surface area contributed by atoms with Gasteiger partial charge in [-0.05, 0) is 26.3 Å². The molecule has 1 aromatic rings. The number of nitro groups is 1. The zero-order valence-electron chi connectivity index (χ0n) is 12.2. The Morgan fingerprint density at radius 1 is 1.48 bits per heavy atom. The zero-order valence-corrected chi connectivity index (χ0v) is 12.2. The Kier molecular flexibility index (Phi) is 5.27. The van der Waals surface area contributed by atoms with Crippen LogP contribution in [0.2, 0.25) is 0 Å². The van der Waals surface area contributed by atoms with E-state index in [1.54, 1.807) is 18.2 Å². The second-order valence-electron chi connectivity index (χ2n) is 5.24. The molecule has 1 atom stereocenters. The number of likely N-dealkylation sites (N-methyl/N-ethyl adjacent to an activating group) is 1. The molecule has 114 valence electrons. The zero-order chi connectivity index (χ0) is 15.2. The number of nitrogens with zero attached hydrogens (tertiary/aromatic N) is 2. The Hall–Kier alpha value is -1.95. The molecule has 6 nitrogen and oxygen atoms in total. The van der Waals surface area contributed by atoms with Crippen molar-refractivity contribution in [1.82, 2.24) is 10.2 Å². The van der Waals surface area contributed by atoms with Crippen LogP contribution in [0, 0.1) is 10.1 Å². The number of carbonyl (C=O) groups excluding carboxylic acids is 1. The van der Waals surface area contributed by atoms with Gasteiger partial charge >= 0.3 is 0 Å². The summed E-state index contributed by atoms with van der Waals surface area (Å²) >= 11 is 0. The lowest BCUT2D eigenvalue weighted by Crippen LogP contribution is -2.49. The average molecular weight is 291 g/mol. The first-order valence-corrected chi connectivity index (χ1v) is 7.36. The molecule has 1 fully saturated rings. The van der Waals surface area contributed by atoms with Crippen molar-refractivity contribution in [2.24, 2.45) is 0 Å². The Morgan fingerprint density at radius 2 is 2.24 bits per heavy atom. The van der Waals surface area contributed by atoms with E-state index in [0.29, 0.717) is 12.1 Å². The van der Waals surface area contributed by atoms with Gasteiger partial charge < -0.3 is 10.2 Å². The van der Waals surface area contributed by atoms with Gasteiger partial charge in [0.1, 0.15) is 0 Å². The summed E-state index contributed by atoms with van der Waals surface area (Å²) in [6.07, 6.45) is 2.13. The maximum absolute atomic E-state index is 12.5. The van der Waals surface area contributed by atoms with Crippen LogP contribution in [-0.4, -0.2) is 41.4 Å². The molecule has 0 aliphatic carbocycles. The quantitative estimate of drug-likeness (QED) is 0.662. The number of para-hydroxylation sites is 1. The Bertz CT molecular complexity index is 513. The summed E-state index contributed by atoms with van der Waals surface area (Å²) in [6.45, 7) is 4.38. The number of amides is 1.